The van der Waals surface area contributed by atoms with Crippen molar-refractivity contribution in [3.63, 3.8) is 0 Å². The highest BCUT2D eigenvalue weighted by Crippen LogP contribution is 2.25. The van der Waals surface area contributed by atoms with Crippen LogP contribution in [0.5, 0.6) is 5.75 Å². The average molecular weight is 283 g/mol. The zero-order valence-electron chi connectivity index (χ0n) is 11.6. The summed E-state index contributed by atoms with van der Waals surface area (Å²) >= 11 is 0. The van der Waals surface area contributed by atoms with Gasteiger partial charge >= 0.3 is 6.03 Å². The number of benzene rings is 1. The Morgan fingerprint density at radius 3 is 2.55 bits per heavy atom. The molecule has 0 radical (unpaired) electrons. The second kappa shape index (κ2) is 6.85. The Bertz CT molecular complexity index is 506. The van der Waals surface area contributed by atoms with Gasteiger partial charge in [-0.3, -0.25) is 10.1 Å². The molecule has 20 heavy (non-hydrogen) atoms. The SMILES string of the molecule is CNC(=O)NC(=O)C(C)Oc1cc(F)ccc1C(C)N. The van der Waals surface area contributed by atoms with Crippen LogP contribution in [0.3, 0.4) is 0 Å². The third kappa shape index (κ3) is 4.20. The maximum atomic E-state index is 13.2. The van der Waals surface area contributed by atoms with Gasteiger partial charge < -0.3 is 15.8 Å². The number of halogens is 1. The first-order valence-electron chi connectivity index (χ1n) is 6.09. The molecule has 0 aliphatic heterocycles. The number of hydrogen-bond donors (Lipinski definition) is 3. The smallest absolute Gasteiger partial charge is 0.321 e. The molecule has 3 amide bonds. The van der Waals surface area contributed by atoms with Gasteiger partial charge in [-0.2, -0.15) is 0 Å². The number of nitrogens with two attached hydrogens (primary N) is 1. The predicted octanol–water partition coefficient (Wildman–Crippen LogP) is 1.07. The number of urea groups is 1. The molecule has 0 aliphatic carbocycles. The van der Waals surface area contributed by atoms with Crippen LogP contribution in [0, 0.1) is 5.82 Å². The van der Waals surface area contributed by atoms with Crippen molar-refractivity contribution in [3.05, 3.63) is 29.6 Å². The van der Waals surface area contributed by atoms with Gasteiger partial charge in [-0.25, -0.2) is 9.18 Å². The Balaban J connectivity index is 2.84. The average Bonchev–Trinajstić information content (AvgIpc) is 2.38. The molecule has 2 unspecified atom stereocenters. The molecule has 0 heterocycles. The normalized spacial score (nSPS) is 13.2. The van der Waals surface area contributed by atoms with E-state index in [0.29, 0.717) is 5.56 Å². The van der Waals surface area contributed by atoms with Crippen LogP contribution >= 0.6 is 0 Å². The maximum absolute atomic E-state index is 13.2. The fourth-order valence-corrected chi connectivity index (χ4v) is 1.51. The lowest BCUT2D eigenvalue weighted by atomic mass is 10.1. The van der Waals surface area contributed by atoms with E-state index in [4.69, 9.17) is 10.5 Å². The molecule has 0 spiro atoms. The maximum Gasteiger partial charge on any atom is 0.321 e. The minimum atomic E-state index is -0.966. The van der Waals surface area contributed by atoms with Crippen LogP contribution in [-0.4, -0.2) is 25.1 Å². The predicted molar refractivity (Wildman–Crippen MR) is 71.7 cm³/mol. The van der Waals surface area contributed by atoms with E-state index in [0.717, 1.165) is 6.07 Å². The molecular formula is C13H18FN3O3. The molecule has 0 aliphatic rings. The van der Waals surface area contributed by atoms with Gasteiger partial charge in [-0.15, -0.1) is 0 Å². The molecule has 1 rings (SSSR count). The van der Waals surface area contributed by atoms with Gasteiger partial charge in [0.25, 0.3) is 5.91 Å². The van der Waals surface area contributed by atoms with E-state index in [-0.39, 0.29) is 11.8 Å². The minimum Gasteiger partial charge on any atom is -0.480 e. The first kappa shape index (κ1) is 15.9. The van der Waals surface area contributed by atoms with Crippen LogP contribution in [0.25, 0.3) is 0 Å². The van der Waals surface area contributed by atoms with Gasteiger partial charge in [0, 0.05) is 24.7 Å². The molecule has 0 bridgehead atoms. The Morgan fingerprint density at radius 1 is 1.35 bits per heavy atom. The molecule has 110 valence electrons. The summed E-state index contributed by atoms with van der Waals surface area (Å²) < 4.78 is 18.6. The molecule has 6 nitrogen and oxygen atoms in total. The molecule has 1 aromatic rings. The number of carbonyl (C=O) groups excluding carboxylic acids is 2. The number of rotatable bonds is 4. The minimum absolute atomic E-state index is 0.180. The number of amides is 3. The van der Waals surface area contributed by atoms with Crippen LogP contribution in [0.15, 0.2) is 18.2 Å². The van der Waals surface area contributed by atoms with E-state index in [1.807, 2.05) is 0 Å². The van der Waals surface area contributed by atoms with Crippen molar-refractivity contribution < 1.29 is 18.7 Å². The largest absolute Gasteiger partial charge is 0.480 e. The van der Waals surface area contributed by atoms with Gasteiger partial charge in [0.15, 0.2) is 6.10 Å². The van der Waals surface area contributed by atoms with Gasteiger partial charge in [0.2, 0.25) is 0 Å². The van der Waals surface area contributed by atoms with Crippen molar-refractivity contribution >= 4 is 11.9 Å². The summed E-state index contributed by atoms with van der Waals surface area (Å²) in [5.74, 6) is -0.952. The van der Waals surface area contributed by atoms with Crippen molar-refractivity contribution in [2.45, 2.75) is 26.0 Å². The molecule has 0 saturated heterocycles. The van der Waals surface area contributed by atoms with E-state index in [1.54, 1.807) is 6.92 Å². The van der Waals surface area contributed by atoms with Crippen LogP contribution in [0.1, 0.15) is 25.5 Å². The summed E-state index contributed by atoms with van der Waals surface area (Å²) in [7, 11) is 1.38. The lowest BCUT2D eigenvalue weighted by molar-refractivity contribution is -0.126. The number of nitrogens with one attached hydrogen (secondary N) is 2. The van der Waals surface area contributed by atoms with Crippen LogP contribution in [0.2, 0.25) is 0 Å². The van der Waals surface area contributed by atoms with Crippen molar-refractivity contribution in [1.29, 1.82) is 0 Å². The quantitative estimate of drug-likeness (QED) is 0.770. The van der Waals surface area contributed by atoms with E-state index in [2.05, 4.69) is 10.6 Å². The standard InChI is InChI=1S/C13H18FN3O3/c1-7(15)10-5-4-9(14)6-11(10)20-8(2)12(18)17-13(19)16-3/h4-8H,15H2,1-3H3,(H2,16,17,18,19). The Hall–Kier alpha value is -2.15. The molecule has 0 aromatic heterocycles. The highest BCUT2D eigenvalue weighted by Gasteiger charge is 2.19. The van der Waals surface area contributed by atoms with Crippen molar-refractivity contribution in [3.8, 4) is 5.75 Å². The monoisotopic (exact) mass is 283 g/mol. The zero-order chi connectivity index (χ0) is 15.3. The van der Waals surface area contributed by atoms with Gasteiger partial charge in [-0.1, -0.05) is 6.07 Å². The molecule has 1 aromatic carbocycles. The fourth-order valence-electron chi connectivity index (χ4n) is 1.51. The Morgan fingerprint density at radius 2 is 2.00 bits per heavy atom. The summed E-state index contributed by atoms with van der Waals surface area (Å²) in [4.78, 5) is 22.7. The van der Waals surface area contributed by atoms with Crippen LogP contribution in [-0.2, 0) is 4.79 Å². The van der Waals surface area contributed by atoms with Crippen LogP contribution in [0.4, 0.5) is 9.18 Å². The molecule has 4 N–H and O–H groups in total. The first-order chi connectivity index (χ1) is 9.35. The van der Waals surface area contributed by atoms with Gasteiger partial charge in [0.1, 0.15) is 11.6 Å². The number of imide groups is 1. The lowest BCUT2D eigenvalue weighted by Gasteiger charge is -2.18. The van der Waals surface area contributed by atoms with E-state index < -0.39 is 23.9 Å². The first-order valence-corrected chi connectivity index (χ1v) is 6.09. The second-order valence-electron chi connectivity index (χ2n) is 4.30. The molecule has 7 heteroatoms. The zero-order valence-corrected chi connectivity index (χ0v) is 11.6. The van der Waals surface area contributed by atoms with E-state index in [9.17, 15) is 14.0 Å². The molecule has 0 saturated carbocycles. The molecular weight excluding hydrogens is 265 g/mol. The number of ether oxygens (including phenoxy) is 1. The van der Waals surface area contributed by atoms with E-state index in [1.165, 1.54) is 26.1 Å². The van der Waals surface area contributed by atoms with Gasteiger partial charge in [0.05, 0.1) is 0 Å². The summed E-state index contributed by atoms with van der Waals surface area (Å²) in [5, 5.41) is 4.32. The summed E-state index contributed by atoms with van der Waals surface area (Å²) in [6.45, 7) is 3.17. The highest BCUT2D eigenvalue weighted by atomic mass is 19.1. The lowest BCUT2D eigenvalue weighted by Crippen LogP contribution is -2.44. The van der Waals surface area contributed by atoms with Crippen molar-refractivity contribution in [2.75, 3.05) is 7.05 Å². The number of carbonyl (C=O) groups is 2. The number of hydrogen-bond acceptors (Lipinski definition) is 4. The van der Waals surface area contributed by atoms with E-state index >= 15 is 0 Å². The Kier molecular flexibility index (Phi) is 5.45. The second-order valence-corrected chi connectivity index (χ2v) is 4.30. The molecule has 2 atom stereocenters. The topological polar surface area (TPSA) is 93.5 Å². The Labute approximate surface area is 116 Å². The van der Waals surface area contributed by atoms with Gasteiger partial charge in [-0.05, 0) is 19.9 Å². The van der Waals surface area contributed by atoms with Crippen molar-refractivity contribution in [1.82, 2.24) is 10.6 Å². The summed E-state index contributed by atoms with van der Waals surface area (Å²) in [6, 6.07) is 2.90. The van der Waals surface area contributed by atoms with Crippen molar-refractivity contribution in [2.24, 2.45) is 5.73 Å². The highest BCUT2D eigenvalue weighted by molar-refractivity contribution is 5.96. The fraction of sp³-hybridized carbons (Fsp3) is 0.385. The third-order valence-corrected chi connectivity index (χ3v) is 2.60. The summed E-state index contributed by atoms with van der Waals surface area (Å²) in [6.07, 6.45) is -0.966. The van der Waals surface area contributed by atoms with Crippen LogP contribution < -0.4 is 21.1 Å². The third-order valence-electron chi connectivity index (χ3n) is 2.60. The summed E-state index contributed by atoms with van der Waals surface area (Å²) in [5.41, 5.74) is 6.33. The molecule has 0 fully saturated rings.